The van der Waals surface area contributed by atoms with Crippen LogP contribution in [0.15, 0.2) is 24.3 Å². The number of carbonyl (C=O) groups is 1. The number of rotatable bonds is 6. The molecule has 1 saturated heterocycles. The Bertz CT molecular complexity index is 467. The van der Waals surface area contributed by atoms with Crippen LogP contribution in [0.4, 0.5) is 5.69 Å². The van der Waals surface area contributed by atoms with Crippen LogP contribution < -0.4 is 15.8 Å². The van der Waals surface area contributed by atoms with Crippen molar-refractivity contribution in [3.8, 4) is 5.75 Å². The minimum atomic E-state index is -0.240. The predicted octanol–water partition coefficient (Wildman–Crippen LogP) is 0.485. The van der Waals surface area contributed by atoms with E-state index in [1.165, 1.54) is 0 Å². The van der Waals surface area contributed by atoms with Gasteiger partial charge in [-0.3, -0.25) is 9.69 Å². The van der Waals surface area contributed by atoms with Gasteiger partial charge in [-0.2, -0.15) is 0 Å². The van der Waals surface area contributed by atoms with Crippen molar-refractivity contribution in [2.45, 2.75) is 13.0 Å². The van der Waals surface area contributed by atoms with Crippen molar-refractivity contribution in [3.05, 3.63) is 24.3 Å². The average molecular weight is 293 g/mol. The molecule has 0 aromatic heterocycles. The summed E-state index contributed by atoms with van der Waals surface area (Å²) < 4.78 is 11.1. The topological polar surface area (TPSA) is 76.8 Å². The molecule has 1 aromatic rings. The van der Waals surface area contributed by atoms with Gasteiger partial charge in [-0.25, -0.2) is 0 Å². The van der Waals surface area contributed by atoms with E-state index in [1.807, 2.05) is 31.2 Å². The van der Waals surface area contributed by atoms with Gasteiger partial charge in [-0.15, -0.1) is 0 Å². The molecule has 6 nitrogen and oxygen atoms in total. The van der Waals surface area contributed by atoms with Gasteiger partial charge in [0.25, 0.3) is 0 Å². The lowest BCUT2D eigenvalue weighted by Gasteiger charge is -2.34. The Labute approximate surface area is 125 Å². The van der Waals surface area contributed by atoms with Crippen LogP contribution in [0.3, 0.4) is 0 Å². The third-order valence-corrected chi connectivity index (χ3v) is 3.45. The molecule has 0 spiro atoms. The zero-order valence-corrected chi connectivity index (χ0v) is 12.4. The summed E-state index contributed by atoms with van der Waals surface area (Å²) in [6.45, 7) is 5.50. The molecule has 1 aliphatic heterocycles. The van der Waals surface area contributed by atoms with Crippen LogP contribution in [-0.4, -0.2) is 56.3 Å². The molecule has 1 aromatic carbocycles. The summed E-state index contributed by atoms with van der Waals surface area (Å²) in [5, 5.41) is 2.84. The van der Waals surface area contributed by atoms with Crippen molar-refractivity contribution in [2.75, 3.05) is 45.2 Å². The molecule has 1 fully saturated rings. The van der Waals surface area contributed by atoms with E-state index in [4.69, 9.17) is 15.2 Å². The summed E-state index contributed by atoms with van der Waals surface area (Å²) in [6, 6.07) is 7.17. The fourth-order valence-electron chi connectivity index (χ4n) is 2.32. The second kappa shape index (κ2) is 7.85. The second-order valence-corrected chi connectivity index (χ2v) is 4.91. The van der Waals surface area contributed by atoms with Gasteiger partial charge in [-0.1, -0.05) is 12.1 Å². The number of para-hydroxylation sites is 2. The number of benzene rings is 1. The minimum Gasteiger partial charge on any atom is -0.490 e. The molecular formula is C15H23N3O3. The molecule has 1 aliphatic rings. The van der Waals surface area contributed by atoms with Crippen LogP contribution in [0.25, 0.3) is 0 Å². The van der Waals surface area contributed by atoms with E-state index in [1.54, 1.807) is 0 Å². The van der Waals surface area contributed by atoms with E-state index in [-0.39, 0.29) is 11.9 Å². The molecule has 0 bridgehead atoms. The molecule has 1 amide bonds. The molecule has 0 saturated carbocycles. The van der Waals surface area contributed by atoms with Crippen LogP contribution in [-0.2, 0) is 9.53 Å². The summed E-state index contributed by atoms with van der Waals surface area (Å²) in [5.41, 5.74) is 6.46. The zero-order valence-electron chi connectivity index (χ0n) is 12.4. The lowest BCUT2D eigenvalue weighted by Crippen LogP contribution is -2.54. The van der Waals surface area contributed by atoms with Crippen molar-refractivity contribution >= 4 is 11.6 Å². The number of hydrogen-bond donors (Lipinski definition) is 2. The van der Waals surface area contributed by atoms with Crippen LogP contribution >= 0.6 is 0 Å². The summed E-state index contributed by atoms with van der Waals surface area (Å²) in [7, 11) is 0. The number of nitrogen functional groups attached to an aromatic ring is 1. The average Bonchev–Trinajstić information content (AvgIpc) is 2.50. The van der Waals surface area contributed by atoms with Crippen molar-refractivity contribution in [1.29, 1.82) is 0 Å². The van der Waals surface area contributed by atoms with E-state index >= 15 is 0 Å². The van der Waals surface area contributed by atoms with Crippen molar-refractivity contribution in [1.82, 2.24) is 10.2 Å². The molecule has 6 heteroatoms. The number of morpholine rings is 1. The van der Waals surface area contributed by atoms with Gasteiger partial charge < -0.3 is 20.5 Å². The van der Waals surface area contributed by atoms with Crippen LogP contribution in [0.2, 0.25) is 0 Å². The van der Waals surface area contributed by atoms with Crippen molar-refractivity contribution < 1.29 is 14.3 Å². The molecule has 116 valence electrons. The Morgan fingerprint density at radius 3 is 3.10 bits per heavy atom. The van der Waals surface area contributed by atoms with Gasteiger partial charge in [0, 0.05) is 19.6 Å². The zero-order chi connectivity index (χ0) is 15.1. The number of hydrogen-bond acceptors (Lipinski definition) is 5. The Kier molecular flexibility index (Phi) is 5.83. The number of ether oxygens (including phenoxy) is 2. The number of anilines is 1. The fourth-order valence-corrected chi connectivity index (χ4v) is 2.32. The smallest absolute Gasteiger partial charge is 0.239 e. The van der Waals surface area contributed by atoms with Gasteiger partial charge in [-0.05, 0) is 19.1 Å². The van der Waals surface area contributed by atoms with Crippen LogP contribution in [0.5, 0.6) is 5.75 Å². The Morgan fingerprint density at radius 2 is 2.33 bits per heavy atom. The van der Waals surface area contributed by atoms with Gasteiger partial charge in [0.1, 0.15) is 18.4 Å². The van der Waals surface area contributed by atoms with Gasteiger partial charge in [0.2, 0.25) is 5.91 Å². The van der Waals surface area contributed by atoms with E-state index in [9.17, 15) is 4.79 Å². The molecule has 0 radical (unpaired) electrons. The predicted molar refractivity (Wildman–Crippen MR) is 81.2 cm³/mol. The van der Waals surface area contributed by atoms with Gasteiger partial charge in [0.15, 0.2) is 0 Å². The van der Waals surface area contributed by atoms with Crippen LogP contribution in [0.1, 0.15) is 6.92 Å². The van der Waals surface area contributed by atoms with Gasteiger partial charge in [0.05, 0.1) is 18.9 Å². The first-order valence-electron chi connectivity index (χ1n) is 7.29. The number of carbonyl (C=O) groups excluding carboxylic acids is 1. The Balaban J connectivity index is 1.85. The SMILES string of the molecule is CCNC(=O)C1COCCN1CCOc1ccccc1N. The van der Waals surface area contributed by atoms with E-state index in [0.29, 0.717) is 44.3 Å². The molecule has 1 unspecified atom stereocenters. The minimum absolute atomic E-state index is 0.0106. The molecule has 1 atom stereocenters. The quantitative estimate of drug-likeness (QED) is 0.746. The maximum absolute atomic E-state index is 12.0. The Morgan fingerprint density at radius 1 is 1.52 bits per heavy atom. The summed E-state index contributed by atoms with van der Waals surface area (Å²) in [4.78, 5) is 14.1. The molecule has 21 heavy (non-hydrogen) atoms. The third kappa shape index (κ3) is 4.34. The fraction of sp³-hybridized carbons (Fsp3) is 0.533. The van der Waals surface area contributed by atoms with Crippen molar-refractivity contribution in [2.24, 2.45) is 0 Å². The first kappa shape index (κ1) is 15.6. The first-order valence-corrected chi connectivity index (χ1v) is 7.29. The number of likely N-dealkylation sites (N-methyl/N-ethyl adjacent to an activating group) is 1. The summed E-state index contributed by atoms with van der Waals surface area (Å²) >= 11 is 0. The Hall–Kier alpha value is -1.79. The lowest BCUT2D eigenvalue weighted by molar-refractivity contribution is -0.132. The maximum Gasteiger partial charge on any atom is 0.239 e. The molecule has 2 rings (SSSR count). The number of nitrogens with two attached hydrogens (primary N) is 1. The highest BCUT2D eigenvalue weighted by molar-refractivity contribution is 5.81. The van der Waals surface area contributed by atoms with Crippen molar-refractivity contribution in [3.63, 3.8) is 0 Å². The molecule has 0 aliphatic carbocycles. The van der Waals surface area contributed by atoms with E-state index in [2.05, 4.69) is 10.2 Å². The lowest BCUT2D eigenvalue weighted by atomic mass is 10.2. The third-order valence-electron chi connectivity index (χ3n) is 3.45. The highest BCUT2D eigenvalue weighted by Gasteiger charge is 2.28. The largest absolute Gasteiger partial charge is 0.490 e. The highest BCUT2D eigenvalue weighted by atomic mass is 16.5. The van der Waals surface area contributed by atoms with Gasteiger partial charge >= 0.3 is 0 Å². The highest BCUT2D eigenvalue weighted by Crippen LogP contribution is 2.19. The maximum atomic E-state index is 12.0. The standard InChI is InChI=1S/C15H23N3O3/c1-2-17-15(19)13-11-20-9-7-18(13)8-10-21-14-6-4-3-5-12(14)16/h3-6,13H,2,7-11,16H2,1H3,(H,17,19). The van der Waals surface area contributed by atoms with Crippen LogP contribution in [0, 0.1) is 0 Å². The molecular weight excluding hydrogens is 270 g/mol. The van der Waals surface area contributed by atoms with E-state index in [0.717, 1.165) is 6.54 Å². The molecule has 1 heterocycles. The first-order chi connectivity index (χ1) is 10.2. The second-order valence-electron chi connectivity index (χ2n) is 4.91. The number of nitrogens with one attached hydrogen (secondary N) is 1. The number of nitrogens with zero attached hydrogens (tertiary/aromatic N) is 1. The normalized spacial score (nSPS) is 19.2. The number of amides is 1. The van der Waals surface area contributed by atoms with E-state index < -0.39 is 0 Å². The summed E-state index contributed by atoms with van der Waals surface area (Å²) in [5.74, 6) is 0.691. The monoisotopic (exact) mass is 293 g/mol. The summed E-state index contributed by atoms with van der Waals surface area (Å²) in [6.07, 6.45) is 0. The molecule has 3 N–H and O–H groups in total.